The molecule has 0 fully saturated rings. The van der Waals surface area contributed by atoms with E-state index < -0.39 is 0 Å². The molecule has 0 aliphatic rings. The van der Waals surface area contributed by atoms with Gasteiger partial charge in [0.15, 0.2) is 0 Å². The molecule has 0 radical (unpaired) electrons. The summed E-state index contributed by atoms with van der Waals surface area (Å²) in [6.07, 6.45) is 0. The Labute approximate surface area is 206 Å². The van der Waals surface area contributed by atoms with Gasteiger partial charge in [0.05, 0.1) is 11.4 Å². The van der Waals surface area contributed by atoms with Crippen LogP contribution in [0.15, 0.2) is 60.7 Å². The predicted molar refractivity (Wildman–Crippen MR) is 141 cm³/mol. The zero-order chi connectivity index (χ0) is 25.4. The minimum Gasteiger partial charge on any atom is -0.508 e. The largest absolute Gasteiger partial charge is 0.508 e. The third-order valence-electron chi connectivity index (χ3n) is 6.31. The molecule has 5 heteroatoms. The molecule has 0 spiro atoms. The molecule has 4 aromatic carbocycles. The van der Waals surface area contributed by atoms with Gasteiger partial charge in [-0.15, -0.1) is 0 Å². The average molecular weight is 470 g/mol. The van der Waals surface area contributed by atoms with Crippen molar-refractivity contribution in [1.29, 1.82) is 0 Å². The van der Waals surface area contributed by atoms with Crippen molar-refractivity contribution in [2.75, 3.05) is 4.90 Å². The van der Waals surface area contributed by atoms with Crippen molar-refractivity contribution in [3.8, 4) is 28.7 Å². The highest BCUT2D eigenvalue weighted by molar-refractivity contribution is 5.84. The van der Waals surface area contributed by atoms with Gasteiger partial charge in [-0.25, -0.2) is 0 Å². The number of aromatic hydroxyl groups is 3. The van der Waals surface area contributed by atoms with Crippen molar-refractivity contribution in [2.45, 2.75) is 41.5 Å². The number of benzene rings is 4. The molecule has 4 aromatic rings. The molecular weight excluding hydrogens is 438 g/mol. The fourth-order valence-electron chi connectivity index (χ4n) is 4.67. The minimum absolute atomic E-state index is 0.159. The van der Waals surface area contributed by atoms with E-state index in [4.69, 9.17) is 4.74 Å². The molecule has 180 valence electrons. The Hall–Kier alpha value is -4.12. The maximum absolute atomic E-state index is 10.2. The highest BCUT2D eigenvalue weighted by Gasteiger charge is 2.22. The molecule has 0 saturated carbocycles. The Balaban J connectivity index is 1.91. The van der Waals surface area contributed by atoms with Gasteiger partial charge in [-0.2, -0.15) is 0 Å². The lowest BCUT2D eigenvalue weighted by molar-refractivity contribution is 0.452. The lowest BCUT2D eigenvalue weighted by Gasteiger charge is -2.31. The zero-order valence-electron chi connectivity index (χ0n) is 21.0. The summed E-state index contributed by atoms with van der Waals surface area (Å²) in [6.45, 7) is 11.8. The van der Waals surface area contributed by atoms with Gasteiger partial charge >= 0.3 is 0 Å². The first-order chi connectivity index (χ1) is 16.5. The first-order valence-electron chi connectivity index (χ1n) is 11.5. The van der Waals surface area contributed by atoms with Gasteiger partial charge in [-0.3, -0.25) is 0 Å². The van der Waals surface area contributed by atoms with Crippen LogP contribution in [0.3, 0.4) is 0 Å². The van der Waals surface area contributed by atoms with Crippen LogP contribution in [0.25, 0.3) is 0 Å². The van der Waals surface area contributed by atoms with Crippen molar-refractivity contribution in [2.24, 2.45) is 0 Å². The molecule has 0 amide bonds. The van der Waals surface area contributed by atoms with E-state index in [2.05, 4.69) is 4.90 Å². The van der Waals surface area contributed by atoms with Gasteiger partial charge in [-0.05, 0) is 117 Å². The number of hydrogen-bond donors (Lipinski definition) is 3. The second-order valence-corrected chi connectivity index (χ2v) is 9.18. The number of hydrogen-bond acceptors (Lipinski definition) is 5. The Morgan fingerprint density at radius 1 is 0.571 bits per heavy atom. The number of phenolic OH excluding ortho intramolecular Hbond substituents is 3. The number of rotatable bonds is 5. The number of ether oxygens (including phenoxy) is 1. The summed E-state index contributed by atoms with van der Waals surface area (Å²) in [5.74, 6) is 1.82. The molecule has 0 aliphatic carbocycles. The molecule has 3 N–H and O–H groups in total. The van der Waals surface area contributed by atoms with Crippen LogP contribution >= 0.6 is 0 Å². The smallest absolute Gasteiger partial charge is 0.134 e. The molecule has 0 bridgehead atoms. The van der Waals surface area contributed by atoms with Crippen LogP contribution in [0.4, 0.5) is 17.1 Å². The number of aryl methyl sites for hydroxylation is 5. The summed E-state index contributed by atoms with van der Waals surface area (Å²) in [6, 6.07) is 18.1. The van der Waals surface area contributed by atoms with E-state index in [1.54, 1.807) is 36.4 Å². The topological polar surface area (TPSA) is 73.2 Å². The van der Waals surface area contributed by atoms with Gasteiger partial charge in [0.2, 0.25) is 0 Å². The Morgan fingerprint density at radius 3 is 1.54 bits per heavy atom. The van der Waals surface area contributed by atoms with E-state index >= 15 is 0 Å². The lowest BCUT2D eigenvalue weighted by Crippen LogP contribution is -2.15. The molecule has 0 aromatic heterocycles. The van der Waals surface area contributed by atoms with Crippen molar-refractivity contribution >= 4 is 17.1 Å². The van der Waals surface area contributed by atoms with E-state index in [1.807, 2.05) is 65.8 Å². The van der Waals surface area contributed by atoms with E-state index in [-0.39, 0.29) is 17.2 Å². The summed E-state index contributed by atoms with van der Waals surface area (Å²) in [5.41, 5.74) is 8.33. The van der Waals surface area contributed by atoms with Crippen LogP contribution < -0.4 is 9.64 Å². The van der Waals surface area contributed by atoms with Gasteiger partial charge in [0.25, 0.3) is 0 Å². The van der Waals surface area contributed by atoms with Crippen LogP contribution in [0.5, 0.6) is 28.7 Å². The Morgan fingerprint density at radius 2 is 1.03 bits per heavy atom. The third-order valence-corrected chi connectivity index (χ3v) is 6.31. The molecule has 5 nitrogen and oxygen atoms in total. The number of nitrogens with zero attached hydrogens (tertiary/aromatic N) is 1. The second-order valence-electron chi connectivity index (χ2n) is 9.18. The SMILES string of the molecule is Cc1cc(O)cc(Oc2cccc(N(c3c(C)cc(O)cc3C)c3c(C)cc(O)cc3C)c2)c1C. The van der Waals surface area contributed by atoms with Crippen LogP contribution in [0.2, 0.25) is 0 Å². The van der Waals surface area contributed by atoms with Crippen LogP contribution in [0.1, 0.15) is 33.4 Å². The molecule has 0 unspecified atom stereocenters. The average Bonchev–Trinajstić information content (AvgIpc) is 2.75. The van der Waals surface area contributed by atoms with E-state index in [0.29, 0.717) is 11.5 Å². The predicted octanol–water partition coefficient (Wildman–Crippen LogP) is 7.92. The van der Waals surface area contributed by atoms with Gasteiger partial charge in [-0.1, -0.05) is 6.07 Å². The van der Waals surface area contributed by atoms with Gasteiger partial charge in [0.1, 0.15) is 28.7 Å². The summed E-state index contributed by atoms with van der Waals surface area (Å²) in [5, 5.41) is 30.4. The maximum atomic E-state index is 10.2. The normalized spacial score (nSPS) is 10.9. The molecule has 0 saturated heterocycles. The highest BCUT2D eigenvalue weighted by atomic mass is 16.5. The highest BCUT2D eigenvalue weighted by Crippen LogP contribution is 2.45. The summed E-state index contributed by atoms with van der Waals surface area (Å²) in [7, 11) is 0. The minimum atomic E-state index is 0.159. The molecule has 35 heavy (non-hydrogen) atoms. The Kier molecular flexibility index (Phi) is 6.35. The fraction of sp³-hybridized carbons (Fsp3) is 0.200. The number of phenols is 3. The van der Waals surface area contributed by atoms with Gasteiger partial charge < -0.3 is 25.0 Å². The van der Waals surface area contributed by atoms with Crippen LogP contribution in [-0.4, -0.2) is 15.3 Å². The lowest BCUT2D eigenvalue weighted by atomic mass is 10.0. The molecule has 0 atom stereocenters. The zero-order valence-corrected chi connectivity index (χ0v) is 21.0. The molecule has 0 heterocycles. The van der Waals surface area contributed by atoms with Crippen molar-refractivity contribution in [3.05, 3.63) is 94.0 Å². The molecule has 4 rings (SSSR count). The third kappa shape index (κ3) is 4.76. The first-order valence-corrected chi connectivity index (χ1v) is 11.5. The summed E-state index contributed by atoms with van der Waals surface area (Å²) in [4.78, 5) is 2.14. The van der Waals surface area contributed by atoms with Crippen LogP contribution in [-0.2, 0) is 0 Å². The van der Waals surface area contributed by atoms with Crippen molar-refractivity contribution in [3.63, 3.8) is 0 Å². The summed E-state index contributed by atoms with van der Waals surface area (Å²) >= 11 is 0. The standard InChI is InChI=1S/C30H31NO4/c1-17-10-26(34)16-28(22(17)6)35-27-9-7-8-23(15-27)31(29-18(2)11-24(32)12-19(29)3)30-20(4)13-25(33)14-21(30)5/h7-16,32-34H,1-6H3. The maximum Gasteiger partial charge on any atom is 0.134 e. The van der Waals surface area contributed by atoms with E-state index in [1.165, 1.54) is 0 Å². The van der Waals surface area contributed by atoms with Crippen LogP contribution in [0, 0.1) is 41.5 Å². The Bertz CT molecular complexity index is 1320. The quantitative estimate of drug-likeness (QED) is 0.277. The first kappa shape index (κ1) is 24.0. The molecule has 0 aliphatic heterocycles. The van der Waals surface area contributed by atoms with E-state index in [9.17, 15) is 15.3 Å². The number of anilines is 3. The van der Waals surface area contributed by atoms with Crippen molar-refractivity contribution < 1.29 is 20.1 Å². The van der Waals surface area contributed by atoms with Crippen molar-refractivity contribution in [1.82, 2.24) is 0 Å². The van der Waals surface area contributed by atoms with E-state index in [0.717, 1.165) is 50.4 Å². The molecular formula is C30H31NO4. The summed E-state index contributed by atoms with van der Waals surface area (Å²) < 4.78 is 6.23. The van der Waals surface area contributed by atoms with Gasteiger partial charge in [0, 0.05) is 17.8 Å². The second kappa shape index (κ2) is 9.26. The fourth-order valence-corrected chi connectivity index (χ4v) is 4.67. The monoisotopic (exact) mass is 469 g/mol.